The molecule has 0 aliphatic carbocycles. The highest BCUT2D eigenvalue weighted by Crippen LogP contribution is 2.17. The number of rotatable bonds is 30. The number of Topliss-reactive ketones (excluding diaryl/α,β-unsaturated/α-hetero) is 2. The Labute approximate surface area is 253 Å². The predicted octanol–water partition coefficient (Wildman–Crippen LogP) is 1.39. The highest BCUT2D eigenvalue weighted by atomic mass is 16.5. The fraction of sp³-hybridized carbons (Fsp3) is 0.900. The summed E-state index contributed by atoms with van der Waals surface area (Å²) in [6.45, 7) is 19.6. The molecule has 1 atom stereocenters. The van der Waals surface area contributed by atoms with E-state index in [1.54, 1.807) is 0 Å². The minimum absolute atomic E-state index is 0.0339. The zero-order chi connectivity index (χ0) is 31.6. The molecule has 1 amide bonds. The van der Waals surface area contributed by atoms with E-state index in [4.69, 9.17) is 28.4 Å². The third-order valence-corrected chi connectivity index (χ3v) is 6.07. The fourth-order valence-electron chi connectivity index (χ4n) is 3.63. The standard InChI is InChI=1S/C30H59N3O9/c1-24(2)27(34)21-40-17-14-38-12-9-32-29(36)23-42-19-16-39-13-10-33-30(6,7)20-26(5)28(35)22-41-18-15-37-11-8-31-25(3)4/h24-26,31,33H,8-23H2,1-7H3,(H,32,36). The van der Waals surface area contributed by atoms with E-state index in [9.17, 15) is 14.4 Å². The van der Waals surface area contributed by atoms with Gasteiger partial charge in [0.05, 0.1) is 59.5 Å². The van der Waals surface area contributed by atoms with Gasteiger partial charge in [-0.05, 0) is 20.3 Å². The van der Waals surface area contributed by atoms with Crippen LogP contribution >= 0.6 is 0 Å². The van der Waals surface area contributed by atoms with E-state index in [0.29, 0.717) is 85.0 Å². The molecule has 0 rings (SSSR count). The molecule has 0 heterocycles. The molecule has 0 bridgehead atoms. The molecule has 3 N–H and O–H groups in total. The molecule has 0 fully saturated rings. The van der Waals surface area contributed by atoms with Crippen molar-refractivity contribution >= 4 is 17.5 Å². The van der Waals surface area contributed by atoms with E-state index in [0.717, 1.165) is 6.54 Å². The average Bonchev–Trinajstić information content (AvgIpc) is 2.92. The van der Waals surface area contributed by atoms with Gasteiger partial charge in [0.25, 0.3) is 0 Å². The van der Waals surface area contributed by atoms with Crippen molar-refractivity contribution in [3.05, 3.63) is 0 Å². The van der Waals surface area contributed by atoms with Crippen LogP contribution in [0.5, 0.6) is 0 Å². The monoisotopic (exact) mass is 605 g/mol. The van der Waals surface area contributed by atoms with Gasteiger partial charge in [-0.2, -0.15) is 0 Å². The Bertz CT molecular complexity index is 706. The summed E-state index contributed by atoms with van der Waals surface area (Å²) in [6, 6.07) is 0.437. The second kappa shape index (κ2) is 25.9. The largest absolute Gasteiger partial charge is 0.378 e. The first-order valence-corrected chi connectivity index (χ1v) is 15.2. The van der Waals surface area contributed by atoms with Crippen LogP contribution in [0.15, 0.2) is 0 Å². The van der Waals surface area contributed by atoms with Crippen molar-refractivity contribution in [1.29, 1.82) is 0 Å². The highest BCUT2D eigenvalue weighted by Gasteiger charge is 2.24. The zero-order valence-corrected chi connectivity index (χ0v) is 27.2. The third kappa shape index (κ3) is 26.1. The van der Waals surface area contributed by atoms with E-state index >= 15 is 0 Å². The van der Waals surface area contributed by atoms with Crippen molar-refractivity contribution < 1.29 is 42.8 Å². The van der Waals surface area contributed by atoms with Crippen LogP contribution in [-0.4, -0.2) is 128 Å². The Morgan fingerprint density at radius 3 is 1.62 bits per heavy atom. The third-order valence-electron chi connectivity index (χ3n) is 6.07. The first kappa shape index (κ1) is 40.5. The smallest absolute Gasteiger partial charge is 0.246 e. The van der Waals surface area contributed by atoms with Crippen molar-refractivity contribution in [2.45, 2.75) is 66.5 Å². The van der Waals surface area contributed by atoms with Crippen LogP contribution in [-0.2, 0) is 42.8 Å². The van der Waals surface area contributed by atoms with E-state index in [1.165, 1.54) is 0 Å². The number of hydrogen-bond donors (Lipinski definition) is 3. The number of hydrogen-bond acceptors (Lipinski definition) is 11. The molecule has 248 valence electrons. The molecule has 0 aliphatic rings. The Morgan fingerprint density at radius 2 is 1.07 bits per heavy atom. The predicted molar refractivity (Wildman–Crippen MR) is 162 cm³/mol. The number of carbonyl (C=O) groups is 3. The van der Waals surface area contributed by atoms with Crippen molar-refractivity contribution in [1.82, 2.24) is 16.0 Å². The molecule has 0 saturated carbocycles. The number of ketones is 2. The van der Waals surface area contributed by atoms with Gasteiger partial charge in [-0.15, -0.1) is 0 Å². The molecule has 0 aromatic heterocycles. The summed E-state index contributed by atoms with van der Waals surface area (Å²) < 4.78 is 32.5. The van der Waals surface area contributed by atoms with Gasteiger partial charge in [0.15, 0.2) is 11.6 Å². The SMILES string of the molecule is CC(C)NCCOCCOCC(=O)C(C)CC(C)(C)NCCOCCOCC(=O)NCCOCCOCC(=O)C(C)C. The van der Waals surface area contributed by atoms with Crippen molar-refractivity contribution in [3.8, 4) is 0 Å². The van der Waals surface area contributed by atoms with Gasteiger partial charge in [0.1, 0.15) is 19.8 Å². The lowest BCUT2D eigenvalue weighted by Gasteiger charge is -2.29. The maximum Gasteiger partial charge on any atom is 0.246 e. The minimum Gasteiger partial charge on any atom is -0.378 e. The van der Waals surface area contributed by atoms with Crippen LogP contribution in [0.4, 0.5) is 0 Å². The highest BCUT2D eigenvalue weighted by molar-refractivity contribution is 5.82. The van der Waals surface area contributed by atoms with E-state index in [2.05, 4.69) is 43.6 Å². The Hall–Kier alpha value is -1.51. The second-order valence-corrected chi connectivity index (χ2v) is 11.5. The summed E-state index contributed by atoms with van der Waals surface area (Å²) in [4.78, 5) is 35.6. The maximum absolute atomic E-state index is 12.4. The van der Waals surface area contributed by atoms with Gasteiger partial charge in [-0.3, -0.25) is 14.4 Å². The van der Waals surface area contributed by atoms with Crippen LogP contribution < -0.4 is 16.0 Å². The summed E-state index contributed by atoms with van der Waals surface area (Å²) >= 11 is 0. The van der Waals surface area contributed by atoms with Gasteiger partial charge in [-0.25, -0.2) is 0 Å². The van der Waals surface area contributed by atoms with E-state index in [-0.39, 0.29) is 54.7 Å². The lowest BCUT2D eigenvalue weighted by Crippen LogP contribution is -2.43. The van der Waals surface area contributed by atoms with Crippen LogP contribution in [0, 0.1) is 11.8 Å². The van der Waals surface area contributed by atoms with Gasteiger partial charge in [-0.1, -0.05) is 34.6 Å². The second-order valence-electron chi connectivity index (χ2n) is 11.5. The fourth-order valence-corrected chi connectivity index (χ4v) is 3.63. The van der Waals surface area contributed by atoms with Crippen molar-refractivity contribution in [3.63, 3.8) is 0 Å². The molecule has 0 aliphatic heterocycles. The summed E-state index contributed by atoms with van der Waals surface area (Å²) in [6.07, 6.45) is 0.683. The van der Waals surface area contributed by atoms with Crippen LogP contribution in [0.2, 0.25) is 0 Å². The van der Waals surface area contributed by atoms with Crippen LogP contribution in [0.1, 0.15) is 54.9 Å². The molecule has 0 aromatic carbocycles. The Kier molecular flexibility index (Phi) is 25.0. The van der Waals surface area contributed by atoms with Gasteiger partial charge >= 0.3 is 0 Å². The molecule has 0 aromatic rings. The van der Waals surface area contributed by atoms with Gasteiger partial charge in [0.2, 0.25) is 5.91 Å². The summed E-state index contributed by atoms with van der Waals surface area (Å²) in [5, 5.41) is 9.41. The number of nitrogens with one attached hydrogen (secondary N) is 3. The molecular weight excluding hydrogens is 546 g/mol. The van der Waals surface area contributed by atoms with Crippen LogP contribution in [0.25, 0.3) is 0 Å². The summed E-state index contributed by atoms with van der Waals surface area (Å²) in [7, 11) is 0. The molecule has 0 spiro atoms. The minimum atomic E-state index is -0.233. The number of amides is 1. The molecule has 12 nitrogen and oxygen atoms in total. The van der Waals surface area contributed by atoms with E-state index in [1.807, 2.05) is 20.8 Å². The Balaban J connectivity index is 3.65. The van der Waals surface area contributed by atoms with Crippen molar-refractivity contribution in [2.75, 3.05) is 98.9 Å². The maximum atomic E-state index is 12.4. The molecule has 0 radical (unpaired) electrons. The summed E-state index contributed by atoms with van der Waals surface area (Å²) in [5.74, 6) is -0.242. The summed E-state index contributed by atoms with van der Waals surface area (Å²) in [5.41, 5.74) is -0.233. The lowest BCUT2D eigenvalue weighted by atomic mass is 9.89. The van der Waals surface area contributed by atoms with Crippen LogP contribution in [0.3, 0.4) is 0 Å². The van der Waals surface area contributed by atoms with Crippen molar-refractivity contribution in [2.24, 2.45) is 11.8 Å². The molecule has 12 heteroatoms. The average molecular weight is 606 g/mol. The molecule has 0 saturated heterocycles. The van der Waals surface area contributed by atoms with Gasteiger partial charge < -0.3 is 44.4 Å². The topological polar surface area (TPSA) is 143 Å². The van der Waals surface area contributed by atoms with Gasteiger partial charge in [0, 0.05) is 43.1 Å². The molecule has 42 heavy (non-hydrogen) atoms. The zero-order valence-electron chi connectivity index (χ0n) is 27.2. The normalized spacial score (nSPS) is 12.7. The first-order chi connectivity index (χ1) is 19.9. The van der Waals surface area contributed by atoms with E-state index < -0.39 is 0 Å². The Morgan fingerprint density at radius 1 is 0.595 bits per heavy atom. The first-order valence-electron chi connectivity index (χ1n) is 15.2. The lowest BCUT2D eigenvalue weighted by molar-refractivity contribution is -0.128. The quantitative estimate of drug-likeness (QED) is 0.102. The molecular formula is C30H59N3O9. The number of carbonyl (C=O) groups excluding carboxylic acids is 3. The number of ether oxygens (including phenoxy) is 6. The molecule has 1 unspecified atom stereocenters.